The van der Waals surface area contributed by atoms with Crippen molar-refractivity contribution in [2.45, 2.75) is 37.0 Å². The molecule has 1 N–H and O–H groups in total. The molecule has 2 rings (SSSR count). The summed E-state index contributed by atoms with van der Waals surface area (Å²) < 4.78 is 25.9. The van der Waals surface area contributed by atoms with E-state index >= 15 is 0 Å². The Balaban J connectivity index is 2.03. The second-order valence-electron chi connectivity index (χ2n) is 7.70. The van der Waals surface area contributed by atoms with E-state index < -0.39 is 10.0 Å². The van der Waals surface area contributed by atoms with E-state index in [0.717, 1.165) is 18.7 Å². The Bertz CT molecular complexity index is 752. The molecule has 1 amide bonds. The van der Waals surface area contributed by atoms with Crippen LogP contribution in [0.2, 0.25) is 0 Å². The molecule has 0 heterocycles. The van der Waals surface area contributed by atoms with Crippen LogP contribution in [-0.4, -0.2) is 64.9 Å². The van der Waals surface area contributed by atoms with Crippen LogP contribution in [0.25, 0.3) is 6.08 Å². The molecule has 0 spiro atoms. The average molecular weight is 408 g/mol. The van der Waals surface area contributed by atoms with Gasteiger partial charge in [-0.05, 0) is 63.7 Å². The standard InChI is InChI=1S/C21H33N3O3S/c1-22-28(26,27)20-12-9-18(10-13-20)11-14-21(25)24(16-15-23(2)3)17-19-7-5-4-6-8-19/h9-14,19,22H,4-8,15-17H2,1-3H3/b14-11+. The van der Waals surface area contributed by atoms with Crippen molar-refractivity contribution >= 4 is 22.0 Å². The van der Waals surface area contributed by atoms with Crippen LogP contribution >= 0.6 is 0 Å². The summed E-state index contributed by atoms with van der Waals surface area (Å²) >= 11 is 0. The predicted molar refractivity (Wildman–Crippen MR) is 113 cm³/mol. The number of rotatable bonds is 9. The molecular weight excluding hydrogens is 374 g/mol. The topological polar surface area (TPSA) is 69.7 Å². The number of carbonyl (C=O) groups excluding carboxylic acids is 1. The van der Waals surface area contributed by atoms with Crippen molar-refractivity contribution in [1.82, 2.24) is 14.5 Å². The van der Waals surface area contributed by atoms with Crippen molar-refractivity contribution in [2.75, 3.05) is 40.8 Å². The zero-order valence-electron chi connectivity index (χ0n) is 17.2. The van der Waals surface area contributed by atoms with Crippen LogP contribution in [0.15, 0.2) is 35.2 Å². The fraction of sp³-hybridized carbons (Fsp3) is 0.571. The van der Waals surface area contributed by atoms with Crippen molar-refractivity contribution in [3.05, 3.63) is 35.9 Å². The van der Waals surface area contributed by atoms with Gasteiger partial charge in [-0.1, -0.05) is 31.4 Å². The quantitative estimate of drug-likeness (QED) is 0.639. The van der Waals surface area contributed by atoms with Gasteiger partial charge in [0.05, 0.1) is 4.90 Å². The largest absolute Gasteiger partial charge is 0.338 e. The van der Waals surface area contributed by atoms with E-state index in [0.29, 0.717) is 12.5 Å². The first kappa shape index (κ1) is 22.6. The molecule has 1 saturated carbocycles. The molecule has 7 heteroatoms. The Morgan fingerprint density at radius 1 is 1.11 bits per heavy atom. The fourth-order valence-corrected chi connectivity index (χ4v) is 4.17. The van der Waals surface area contributed by atoms with Gasteiger partial charge in [0.25, 0.3) is 0 Å². The molecular formula is C21H33N3O3S. The van der Waals surface area contributed by atoms with E-state index in [-0.39, 0.29) is 10.8 Å². The van der Waals surface area contributed by atoms with Gasteiger partial charge < -0.3 is 9.80 Å². The first-order valence-electron chi connectivity index (χ1n) is 9.97. The van der Waals surface area contributed by atoms with Crippen LogP contribution in [-0.2, 0) is 14.8 Å². The zero-order valence-corrected chi connectivity index (χ0v) is 18.0. The van der Waals surface area contributed by atoms with E-state index in [1.807, 2.05) is 19.0 Å². The molecule has 156 valence electrons. The van der Waals surface area contributed by atoms with E-state index in [1.165, 1.54) is 39.2 Å². The summed E-state index contributed by atoms with van der Waals surface area (Å²) in [7, 11) is 1.97. The summed E-state index contributed by atoms with van der Waals surface area (Å²) in [5.41, 5.74) is 0.800. The third-order valence-electron chi connectivity index (χ3n) is 5.21. The van der Waals surface area contributed by atoms with Gasteiger partial charge in [0, 0.05) is 25.7 Å². The lowest BCUT2D eigenvalue weighted by Gasteiger charge is -2.30. The average Bonchev–Trinajstić information content (AvgIpc) is 2.70. The van der Waals surface area contributed by atoms with E-state index in [1.54, 1.807) is 36.4 Å². The van der Waals surface area contributed by atoms with Crippen LogP contribution < -0.4 is 4.72 Å². The second kappa shape index (κ2) is 10.7. The number of hydrogen-bond donors (Lipinski definition) is 1. The van der Waals surface area contributed by atoms with Crippen LogP contribution in [0, 0.1) is 5.92 Å². The number of sulfonamides is 1. The van der Waals surface area contributed by atoms with Gasteiger partial charge in [-0.3, -0.25) is 4.79 Å². The van der Waals surface area contributed by atoms with Crippen molar-refractivity contribution in [2.24, 2.45) is 5.92 Å². The van der Waals surface area contributed by atoms with Crippen LogP contribution in [0.3, 0.4) is 0 Å². The highest BCUT2D eigenvalue weighted by Gasteiger charge is 2.19. The van der Waals surface area contributed by atoms with Crippen LogP contribution in [0.1, 0.15) is 37.7 Å². The van der Waals surface area contributed by atoms with Crippen LogP contribution in [0.5, 0.6) is 0 Å². The molecule has 0 aliphatic heterocycles. The molecule has 28 heavy (non-hydrogen) atoms. The van der Waals surface area contributed by atoms with Gasteiger partial charge >= 0.3 is 0 Å². The molecule has 0 bridgehead atoms. The lowest BCUT2D eigenvalue weighted by molar-refractivity contribution is -0.126. The predicted octanol–water partition coefficient (Wildman–Crippen LogP) is 2.58. The maximum absolute atomic E-state index is 12.8. The Morgan fingerprint density at radius 3 is 2.32 bits per heavy atom. The third-order valence-corrected chi connectivity index (χ3v) is 6.64. The van der Waals surface area contributed by atoms with E-state index in [2.05, 4.69) is 9.62 Å². The Morgan fingerprint density at radius 2 is 1.75 bits per heavy atom. The number of benzene rings is 1. The molecule has 1 aromatic carbocycles. The summed E-state index contributed by atoms with van der Waals surface area (Å²) in [6.07, 6.45) is 9.59. The van der Waals surface area contributed by atoms with Gasteiger partial charge in [0.15, 0.2) is 0 Å². The zero-order chi connectivity index (χ0) is 20.6. The van der Waals surface area contributed by atoms with Crippen LogP contribution in [0.4, 0.5) is 0 Å². The molecule has 1 aromatic rings. The second-order valence-corrected chi connectivity index (χ2v) is 9.59. The molecule has 1 aliphatic carbocycles. The summed E-state index contributed by atoms with van der Waals surface area (Å²) in [6.45, 7) is 2.37. The SMILES string of the molecule is CNS(=O)(=O)c1ccc(/C=C/C(=O)N(CCN(C)C)CC2CCCCC2)cc1. The first-order valence-corrected chi connectivity index (χ1v) is 11.5. The monoisotopic (exact) mass is 407 g/mol. The number of nitrogens with zero attached hydrogens (tertiary/aromatic N) is 2. The molecule has 0 unspecified atom stereocenters. The molecule has 0 aromatic heterocycles. The Hall–Kier alpha value is -1.70. The third kappa shape index (κ3) is 7.04. The Kier molecular flexibility index (Phi) is 8.66. The molecule has 0 atom stereocenters. The van der Waals surface area contributed by atoms with Crippen molar-refractivity contribution in [1.29, 1.82) is 0 Å². The number of amides is 1. The van der Waals surface area contributed by atoms with Crippen molar-refractivity contribution < 1.29 is 13.2 Å². The minimum atomic E-state index is -3.45. The smallest absolute Gasteiger partial charge is 0.246 e. The number of nitrogens with one attached hydrogen (secondary N) is 1. The van der Waals surface area contributed by atoms with Gasteiger partial charge in [-0.15, -0.1) is 0 Å². The molecule has 1 fully saturated rings. The highest BCUT2D eigenvalue weighted by Crippen LogP contribution is 2.24. The maximum Gasteiger partial charge on any atom is 0.246 e. The van der Waals surface area contributed by atoms with Crippen molar-refractivity contribution in [3.8, 4) is 0 Å². The van der Waals surface area contributed by atoms with Gasteiger partial charge in [-0.25, -0.2) is 13.1 Å². The minimum absolute atomic E-state index is 0.0133. The summed E-state index contributed by atoms with van der Waals surface area (Å²) in [5, 5.41) is 0. The summed E-state index contributed by atoms with van der Waals surface area (Å²) in [5.74, 6) is 0.610. The molecule has 6 nitrogen and oxygen atoms in total. The Labute approximate surface area is 169 Å². The minimum Gasteiger partial charge on any atom is -0.338 e. The number of carbonyl (C=O) groups is 1. The first-order chi connectivity index (χ1) is 13.3. The highest BCUT2D eigenvalue weighted by atomic mass is 32.2. The summed E-state index contributed by atoms with van der Waals surface area (Å²) in [6, 6.07) is 6.50. The van der Waals surface area contributed by atoms with Gasteiger partial charge in [0.1, 0.15) is 0 Å². The normalized spacial score (nSPS) is 16.0. The lowest BCUT2D eigenvalue weighted by Crippen LogP contribution is -2.39. The summed E-state index contributed by atoms with van der Waals surface area (Å²) in [4.78, 5) is 17.0. The molecule has 0 radical (unpaired) electrons. The molecule has 1 aliphatic rings. The lowest BCUT2D eigenvalue weighted by atomic mass is 9.89. The fourth-order valence-electron chi connectivity index (χ4n) is 3.44. The van der Waals surface area contributed by atoms with E-state index in [4.69, 9.17) is 0 Å². The van der Waals surface area contributed by atoms with Gasteiger partial charge in [-0.2, -0.15) is 0 Å². The van der Waals surface area contributed by atoms with Crippen molar-refractivity contribution in [3.63, 3.8) is 0 Å². The number of likely N-dealkylation sites (N-methyl/N-ethyl adjacent to an activating group) is 1. The van der Waals surface area contributed by atoms with E-state index in [9.17, 15) is 13.2 Å². The maximum atomic E-state index is 12.8. The van der Waals surface area contributed by atoms with Gasteiger partial charge in [0.2, 0.25) is 15.9 Å². The molecule has 0 saturated heterocycles. The highest BCUT2D eigenvalue weighted by molar-refractivity contribution is 7.89. The number of hydrogen-bond acceptors (Lipinski definition) is 4.